The molecule has 3 heterocycles. The normalized spacial score (nSPS) is 15.1. The molecule has 1 atom stereocenters. The molecule has 5 rings (SSSR count). The molecule has 0 amide bonds. The Hall–Kier alpha value is -3.79. The number of esters is 1. The first-order valence-corrected chi connectivity index (χ1v) is 13.8. The summed E-state index contributed by atoms with van der Waals surface area (Å²) in [4.78, 5) is 32.1. The molecule has 0 N–H and O–H groups in total. The fraction of sp³-hybridized carbons (Fsp3) is 0.207. The van der Waals surface area contributed by atoms with E-state index in [-0.39, 0.29) is 17.7 Å². The Morgan fingerprint density at radius 2 is 1.90 bits per heavy atom. The molecular formula is C29H24Cl2N2O6S. The maximum absolute atomic E-state index is 13.9. The van der Waals surface area contributed by atoms with Gasteiger partial charge < -0.3 is 18.6 Å². The summed E-state index contributed by atoms with van der Waals surface area (Å²) < 4.78 is 24.3. The lowest BCUT2D eigenvalue weighted by Gasteiger charge is -2.26. The van der Waals surface area contributed by atoms with E-state index in [9.17, 15) is 9.59 Å². The molecule has 40 heavy (non-hydrogen) atoms. The lowest BCUT2D eigenvalue weighted by Crippen LogP contribution is -2.40. The maximum atomic E-state index is 13.9. The minimum absolute atomic E-state index is 0.168. The summed E-state index contributed by atoms with van der Waals surface area (Å²) >= 11 is 13.4. The molecule has 0 aliphatic carbocycles. The lowest BCUT2D eigenvalue weighted by atomic mass is 9.95. The van der Waals surface area contributed by atoms with E-state index in [0.717, 1.165) is 5.56 Å². The van der Waals surface area contributed by atoms with Gasteiger partial charge in [-0.15, -0.1) is 0 Å². The molecular weight excluding hydrogens is 575 g/mol. The number of aromatic nitrogens is 1. The molecule has 0 saturated carbocycles. The molecule has 0 saturated heterocycles. The van der Waals surface area contributed by atoms with E-state index in [4.69, 9.17) is 41.8 Å². The Morgan fingerprint density at radius 1 is 1.10 bits per heavy atom. The average molecular weight is 599 g/mol. The highest BCUT2D eigenvalue weighted by molar-refractivity contribution is 7.07. The van der Waals surface area contributed by atoms with Gasteiger partial charge in [-0.3, -0.25) is 9.36 Å². The van der Waals surface area contributed by atoms with Crippen LogP contribution in [0, 0.1) is 0 Å². The van der Waals surface area contributed by atoms with Crippen LogP contribution in [0.5, 0.6) is 11.5 Å². The first-order valence-electron chi connectivity index (χ1n) is 12.2. The highest BCUT2D eigenvalue weighted by Crippen LogP contribution is 2.38. The van der Waals surface area contributed by atoms with Crippen molar-refractivity contribution in [1.29, 1.82) is 0 Å². The smallest absolute Gasteiger partial charge is 0.338 e. The van der Waals surface area contributed by atoms with E-state index in [1.54, 1.807) is 75.6 Å². The number of furan rings is 1. The fourth-order valence-corrected chi connectivity index (χ4v) is 5.83. The van der Waals surface area contributed by atoms with E-state index < -0.39 is 12.0 Å². The van der Waals surface area contributed by atoms with Crippen molar-refractivity contribution in [3.63, 3.8) is 0 Å². The molecule has 0 spiro atoms. The molecule has 11 heteroatoms. The van der Waals surface area contributed by atoms with Crippen LogP contribution < -0.4 is 24.4 Å². The van der Waals surface area contributed by atoms with Gasteiger partial charge in [0.25, 0.3) is 5.56 Å². The molecule has 2 aromatic heterocycles. The number of halogens is 2. The number of nitrogens with zero attached hydrogens (tertiary/aromatic N) is 2. The molecule has 0 radical (unpaired) electrons. The monoisotopic (exact) mass is 598 g/mol. The Morgan fingerprint density at radius 3 is 2.60 bits per heavy atom. The summed E-state index contributed by atoms with van der Waals surface area (Å²) in [7, 11) is 3.07. The molecule has 0 bridgehead atoms. The van der Waals surface area contributed by atoms with Crippen LogP contribution in [0.25, 0.3) is 17.4 Å². The number of methoxy groups -OCH3 is 2. The van der Waals surface area contributed by atoms with Crippen molar-refractivity contribution in [1.82, 2.24) is 4.57 Å². The zero-order chi connectivity index (χ0) is 28.6. The molecule has 206 valence electrons. The number of benzene rings is 2. The minimum Gasteiger partial charge on any atom is -0.497 e. The second kappa shape index (κ2) is 11.4. The van der Waals surface area contributed by atoms with Crippen molar-refractivity contribution < 1.29 is 23.4 Å². The molecule has 0 fully saturated rings. The van der Waals surface area contributed by atoms with Gasteiger partial charge in [0.2, 0.25) is 0 Å². The highest BCUT2D eigenvalue weighted by Gasteiger charge is 2.35. The molecule has 8 nitrogen and oxygen atoms in total. The van der Waals surface area contributed by atoms with Gasteiger partial charge in [-0.05, 0) is 62.4 Å². The van der Waals surface area contributed by atoms with Crippen molar-refractivity contribution in [3.05, 3.63) is 101 Å². The van der Waals surface area contributed by atoms with Gasteiger partial charge in [0.1, 0.15) is 29.1 Å². The second-order valence-electron chi connectivity index (χ2n) is 8.74. The van der Waals surface area contributed by atoms with Crippen LogP contribution in [0.3, 0.4) is 0 Å². The predicted octanol–water partition coefficient (Wildman–Crippen LogP) is 5.38. The third kappa shape index (κ3) is 5.08. The second-order valence-corrected chi connectivity index (χ2v) is 10.6. The standard InChI is InChI=1S/C29H24Cl2N2O6S/c1-5-38-28(35)25-15(2)32-29-33(26(25)19-13-17(36-3)7-11-23(19)37-4)27(34)24(40-29)14-18-8-10-22(39-18)16-6-9-20(30)21(31)12-16/h6-14,26H,5H2,1-4H3/b24-14+/t26-/m1/s1. The van der Waals surface area contributed by atoms with Crippen LogP contribution in [-0.4, -0.2) is 31.4 Å². The Kier molecular flexibility index (Phi) is 7.89. The predicted molar refractivity (Wildman–Crippen MR) is 154 cm³/mol. The van der Waals surface area contributed by atoms with E-state index in [0.29, 0.717) is 53.7 Å². The number of carbonyl (C=O) groups is 1. The summed E-state index contributed by atoms with van der Waals surface area (Å²) in [5, 5.41) is 0.851. The largest absolute Gasteiger partial charge is 0.497 e. The van der Waals surface area contributed by atoms with Crippen LogP contribution in [0.4, 0.5) is 0 Å². The molecule has 0 unspecified atom stereocenters. The number of rotatable bonds is 7. The lowest BCUT2D eigenvalue weighted by molar-refractivity contribution is -0.139. The molecule has 1 aliphatic heterocycles. The molecule has 1 aliphatic rings. The first-order chi connectivity index (χ1) is 19.2. The summed E-state index contributed by atoms with van der Waals surface area (Å²) in [6, 6.07) is 13.1. The number of carbonyl (C=O) groups excluding carboxylic acids is 1. The number of fused-ring (bicyclic) bond motifs is 1. The van der Waals surface area contributed by atoms with Gasteiger partial charge in [0.05, 0.1) is 46.7 Å². The number of hydrogen-bond acceptors (Lipinski definition) is 8. The molecule has 4 aromatic rings. The number of ether oxygens (including phenoxy) is 3. The van der Waals surface area contributed by atoms with E-state index >= 15 is 0 Å². The van der Waals surface area contributed by atoms with Crippen LogP contribution in [0.1, 0.15) is 31.2 Å². The Labute approximate surface area is 243 Å². The van der Waals surface area contributed by atoms with Gasteiger partial charge in [0.15, 0.2) is 4.80 Å². The SMILES string of the molecule is CCOC(=O)C1=C(C)N=c2s/c(=C/c3ccc(-c4ccc(Cl)c(Cl)c4)o3)c(=O)n2[C@@H]1c1cc(OC)ccc1OC. The summed E-state index contributed by atoms with van der Waals surface area (Å²) in [5.41, 5.74) is 1.65. The summed E-state index contributed by atoms with van der Waals surface area (Å²) in [6.45, 7) is 3.61. The van der Waals surface area contributed by atoms with Gasteiger partial charge in [-0.1, -0.05) is 34.5 Å². The van der Waals surface area contributed by atoms with E-state index in [1.165, 1.54) is 23.0 Å². The van der Waals surface area contributed by atoms with E-state index in [1.807, 2.05) is 0 Å². The summed E-state index contributed by atoms with van der Waals surface area (Å²) in [5.74, 6) is 1.49. The van der Waals surface area contributed by atoms with Gasteiger partial charge in [0, 0.05) is 17.2 Å². The van der Waals surface area contributed by atoms with Gasteiger partial charge >= 0.3 is 5.97 Å². The third-order valence-electron chi connectivity index (χ3n) is 6.35. The minimum atomic E-state index is -0.856. The maximum Gasteiger partial charge on any atom is 0.338 e. The van der Waals surface area contributed by atoms with Crippen LogP contribution >= 0.6 is 34.5 Å². The van der Waals surface area contributed by atoms with Crippen LogP contribution in [-0.2, 0) is 9.53 Å². The van der Waals surface area contributed by atoms with E-state index in [2.05, 4.69) is 4.99 Å². The zero-order valence-electron chi connectivity index (χ0n) is 22.0. The average Bonchev–Trinajstić information content (AvgIpc) is 3.53. The van der Waals surface area contributed by atoms with Crippen molar-refractivity contribution >= 4 is 46.6 Å². The quantitative estimate of drug-likeness (QED) is 0.265. The van der Waals surface area contributed by atoms with Crippen LogP contribution in [0.2, 0.25) is 10.0 Å². The zero-order valence-corrected chi connectivity index (χ0v) is 24.3. The number of thiazole rings is 1. The fourth-order valence-electron chi connectivity index (χ4n) is 4.50. The third-order valence-corrected chi connectivity index (χ3v) is 8.07. The Bertz CT molecular complexity index is 1840. The van der Waals surface area contributed by atoms with Crippen LogP contribution in [0.15, 0.2) is 74.0 Å². The first kappa shape index (κ1) is 27.8. The Balaban J connectivity index is 1.68. The molecule has 2 aromatic carbocycles. The van der Waals surface area contributed by atoms with Crippen molar-refractivity contribution in [2.75, 3.05) is 20.8 Å². The number of hydrogen-bond donors (Lipinski definition) is 0. The van der Waals surface area contributed by atoms with Gasteiger partial charge in [-0.2, -0.15) is 0 Å². The van der Waals surface area contributed by atoms with Crippen molar-refractivity contribution in [2.24, 2.45) is 4.99 Å². The topological polar surface area (TPSA) is 92.3 Å². The van der Waals surface area contributed by atoms with Crippen molar-refractivity contribution in [3.8, 4) is 22.8 Å². The summed E-state index contributed by atoms with van der Waals surface area (Å²) in [6.07, 6.45) is 1.65. The number of allylic oxidation sites excluding steroid dienone is 1. The van der Waals surface area contributed by atoms with Crippen molar-refractivity contribution in [2.45, 2.75) is 19.9 Å². The highest BCUT2D eigenvalue weighted by atomic mass is 35.5. The van der Waals surface area contributed by atoms with Gasteiger partial charge in [-0.25, -0.2) is 9.79 Å².